The maximum absolute atomic E-state index is 10.4. The minimum atomic E-state index is -1.64. The number of nitrogens with one attached hydrogen (secondary N) is 1. The molecule has 72 valence electrons. The van der Waals surface area contributed by atoms with Crippen LogP contribution in [0.15, 0.2) is 0 Å². The van der Waals surface area contributed by atoms with Gasteiger partial charge in [-0.05, 0) is 20.0 Å². The van der Waals surface area contributed by atoms with Crippen molar-refractivity contribution in [1.82, 2.24) is 10.2 Å². The molecule has 2 unspecified atom stereocenters. The predicted molar refractivity (Wildman–Crippen MR) is 49.5 cm³/mol. The summed E-state index contributed by atoms with van der Waals surface area (Å²) in [4.78, 5) is 2.22. The molecule has 0 amide bonds. The standard InChI is InChI=1S/C7H16N2O2S/c1-8-7-2-3-9(6-7)4-5-12(10)11/h7-8H,2-6H2,1H3,(H,10,11). The van der Waals surface area contributed by atoms with Crippen molar-refractivity contribution in [3.63, 3.8) is 0 Å². The zero-order valence-electron chi connectivity index (χ0n) is 7.32. The van der Waals surface area contributed by atoms with Crippen LogP contribution in [0.4, 0.5) is 0 Å². The topological polar surface area (TPSA) is 52.6 Å². The number of likely N-dealkylation sites (N-methyl/N-ethyl adjacent to an activating group) is 1. The quantitative estimate of drug-likeness (QED) is 0.590. The van der Waals surface area contributed by atoms with Crippen molar-refractivity contribution in [3.8, 4) is 0 Å². The molecule has 1 heterocycles. The highest BCUT2D eigenvalue weighted by molar-refractivity contribution is 7.79. The molecule has 0 aromatic heterocycles. The molecule has 0 aromatic carbocycles. The second-order valence-electron chi connectivity index (χ2n) is 3.10. The molecular formula is C7H16N2O2S. The lowest BCUT2D eigenvalue weighted by atomic mass is 10.3. The molecule has 1 aliphatic heterocycles. The first-order valence-electron chi connectivity index (χ1n) is 4.19. The molecule has 4 nitrogen and oxygen atoms in total. The van der Waals surface area contributed by atoms with Crippen molar-refractivity contribution < 1.29 is 8.76 Å². The summed E-state index contributed by atoms with van der Waals surface area (Å²) in [7, 11) is 1.96. The zero-order chi connectivity index (χ0) is 8.97. The maximum atomic E-state index is 10.4. The van der Waals surface area contributed by atoms with Crippen LogP contribution in [0.3, 0.4) is 0 Å². The number of hydrogen-bond acceptors (Lipinski definition) is 3. The van der Waals surface area contributed by atoms with Gasteiger partial charge in [0.05, 0.1) is 5.75 Å². The molecule has 1 saturated heterocycles. The van der Waals surface area contributed by atoms with E-state index in [1.54, 1.807) is 0 Å². The lowest BCUT2D eigenvalue weighted by molar-refractivity contribution is 0.348. The number of nitrogens with zero attached hydrogens (tertiary/aromatic N) is 1. The fourth-order valence-electron chi connectivity index (χ4n) is 1.48. The average molecular weight is 192 g/mol. The van der Waals surface area contributed by atoms with E-state index in [9.17, 15) is 4.21 Å². The minimum absolute atomic E-state index is 0.371. The van der Waals surface area contributed by atoms with E-state index in [4.69, 9.17) is 4.55 Å². The van der Waals surface area contributed by atoms with Crippen LogP contribution in [0, 0.1) is 0 Å². The molecule has 2 atom stereocenters. The van der Waals surface area contributed by atoms with Crippen molar-refractivity contribution in [2.45, 2.75) is 12.5 Å². The fraction of sp³-hybridized carbons (Fsp3) is 1.00. The Morgan fingerprint density at radius 2 is 2.50 bits per heavy atom. The summed E-state index contributed by atoms with van der Waals surface area (Å²) in [6.45, 7) is 2.79. The Kier molecular flexibility index (Phi) is 4.14. The van der Waals surface area contributed by atoms with Gasteiger partial charge in [-0.3, -0.25) is 0 Å². The Morgan fingerprint density at radius 1 is 1.75 bits per heavy atom. The molecule has 0 aromatic rings. The summed E-state index contributed by atoms with van der Waals surface area (Å²) in [6, 6.07) is 0.567. The first kappa shape index (κ1) is 10.1. The summed E-state index contributed by atoms with van der Waals surface area (Å²) in [5, 5.41) is 3.20. The first-order chi connectivity index (χ1) is 5.72. The van der Waals surface area contributed by atoms with Gasteiger partial charge in [0.1, 0.15) is 0 Å². The van der Waals surface area contributed by atoms with E-state index in [1.165, 1.54) is 0 Å². The van der Waals surface area contributed by atoms with Gasteiger partial charge in [0.2, 0.25) is 0 Å². The first-order valence-corrected chi connectivity index (χ1v) is 5.47. The second kappa shape index (κ2) is 4.91. The Hall–Kier alpha value is 0.0300. The fourth-order valence-corrected chi connectivity index (χ4v) is 1.89. The monoisotopic (exact) mass is 192 g/mol. The highest BCUT2D eigenvalue weighted by Crippen LogP contribution is 2.07. The van der Waals surface area contributed by atoms with E-state index in [-0.39, 0.29) is 0 Å². The van der Waals surface area contributed by atoms with Gasteiger partial charge < -0.3 is 14.8 Å². The number of hydrogen-bond donors (Lipinski definition) is 2. The summed E-state index contributed by atoms with van der Waals surface area (Å²) < 4.78 is 18.9. The van der Waals surface area contributed by atoms with Crippen molar-refractivity contribution in [2.75, 3.05) is 32.4 Å². The summed E-state index contributed by atoms with van der Waals surface area (Å²) >= 11 is -1.64. The van der Waals surface area contributed by atoms with Gasteiger partial charge in [-0.1, -0.05) is 0 Å². The van der Waals surface area contributed by atoms with Crippen LogP contribution in [0.2, 0.25) is 0 Å². The SMILES string of the molecule is CNC1CCN(CCS(=O)O)C1. The third kappa shape index (κ3) is 3.18. The molecule has 12 heavy (non-hydrogen) atoms. The molecular weight excluding hydrogens is 176 g/mol. The lowest BCUT2D eigenvalue weighted by Gasteiger charge is -2.13. The molecule has 0 saturated carbocycles. The van der Waals surface area contributed by atoms with Gasteiger partial charge in [-0.2, -0.15) is 0 Å². The molecule has 0 radical (unpaired) electrons. The van der Waals surface area contributed by atoms with Crippen LogP contribution in [0.1, 0.15) is 6.42 Å². The lowest BCUT2D eigenvalue weighted by Crippen LogP contribution is -2.31. The van der Waals surface area contributed by atoms with E-state index < -0.39 is 11.1 Å². The summed E-state index contributed by atoms with van der Waals surface area (Å²) in [5.41, 5.74) is 0. The van der Waals surface area contributed by atoms with E-state index in [1.807, 2.05) is 7.05 Å². The Bertz CT molecular complexity index is 165. The third-order valence-electron chi connectivity index (χ3n) is 2.26. The third-order valence-corrected chi connectivity index (χ3v) is 2.79. The smallest absolute Gasteiger partial charge is 0.154 e. The number of likely N-dealkylation sites (tertiary alicyclic amines) is 1. The van der Waals surface area contributed by atoms with E-state index in [2.05, 4.69) is 10.2 Å². The molecule has 2 N–H and O–H groups in total. The Labute approximate surface area is 75.6 Å². The van der Waals surface area contributed by atoms with Crippen molar-refractivity contribution >= 4 is 11.1 Å². The van der Waals surface area contributed by atoms with Crippen LogP contribution in [0.5, 0.6) is 0 Å². The molecule has 0 spiro atoms. The van der Waals surface area contributed by atoms with Crippen LogP contribution >= 0.6 is 0 Å². The molecule has 0 bridgehead atoms. The Morgan fingerprint density at radius 3 is 3.00 bits per heavy atom. The van der Waals surface area contributed by atoms with Crippen LogP contribution < -0.4 is 5.32 Å². The van der Waals surface area contributed by atoms with Gasteiger partial charge in [-0.15, -0.1) is 0 Å². The number of rotatable bonds is 4. The Balaban J connectivity index is 2.15. The van der Waals surface area contributed by atoms with Gasteiger partial charge in [-0.25, -0.2) is 4.21 Å². The van der Waals surface area contributed by atoms with Gasteiger partial charge in [0.25, 0.3) is 0 Å². The van der Waals surface area contributed by atoms with Crippen LogP contribution in [-0.2, 0) is 11.1 Å². The highest BCUT2D eigenvalue weighted by atomic mass is 32.2. The molecule has 1 fully saturated rings. The second-order valence-corrected chi connectivity index (χ2v) is 4.15. The van der Waals surface area contributed by atoms with E-state index in [0.717, 1.165) is 26.1 Å². The molecule has 1 rings (SSSR count). The van der Waals surface area contributed by atoms with E-state index in [0.29, 0.717) is 11.8 Å². The van der Waals surface area contributed by atoms with Crippen molar-refractivity contribution in [1.29, 1.82) is 0 Å². The van der Waals surface area contributed by atoms with Crippen LogP contribution in [-0.4, -0.2) is 52.1 Å². The van der Waals surface area contributed by atoms with Crippen LogP contribution in [0.25, 0.3) is 0 Å². The maximum Gasteiger partial charge on any atom is 0.154 e. The van der Waals surface area contributed by atoms with Crippen molar-refractivity contribution in [2.24, 2.45) is 0 Å². The minimum Gasteiger partial charge on any atom is -0.316 e. The van der Waals surface area contributed by atoms with Crippen molar-refractivity contribution in [3.05, 3.63) is 0 Å². The van der Waals surface area contributed by atoms with E-state index >= 15 is 0 Å². The zero-order valence-corrected chi connectivity index (χ0v) is 8.14. The molecule has 5 heteroatoms. The summed E-state index contributed by atoms with van der Waals surface area (Å²) in [5.74, 6) is 0.371. The van der Waals surface area contributed by atoms with Gasteiger partial charge in [0.15, 0.2) is 11.1 Å². The van der Waals surface area contributed by atoms with Gasteiger partial charge in [0, 0.05) is 19.1 Å². The predicted octanol–water partition coefficient (Wildman–Crippen LogP) is -0.498. The average Bonchev–Trinajstić information content (AvgIpc) is 2.48. The largest absolute Gasteiger partial charge is 0.316 e. The molecule has 1 aliphatic rings. The highest BCUT2D eigenvalue weighted by Gasteiger charge is 2.20. The summed E-state index contributed by atoms with van der Waals surface area (Å²) in [6.07, 6.45) is 1.15. The molecule has 0 aliphatic carbocycles. The normalized spacial score (nSPS) is 27.7. The van der Waals surface area contributed by atoms with Gasteiger partial charge >= 0.3 is 0 Å².